The van der Waals surface area contributed by atoms with E-state index in [1.165, 1.54) is 10.6 Å². The van der Waals surface area contributed by atoms with Gasteiger partial charge in [-0.1, -0.05) is 18.2 Å². The maximum Gasteiger partial charge on any atom is 0.287 e. The first kappa shape index (κ1) is 12.5. The van der Waals surface area contributed by atoms with Crippen molar-refractivity contribution in [1.29, 1.82) is 0 Å². The number of aryl methyl sites for hydroxylation is 2. The maximum absolute atomic E-state index is 11.9. The lowest BCUT2D eigenvalue weighted by Crippen LogP contribution is -2.14. The van der Waals surface area contributed by atoms with Gasteiger partial charge in [-0.05, 0) is 25.5 Å². The fraction of sp³-hybridized carbons (Fsp3) is 0.200. The zero-order valence-corrected chi connectivity index (χ0v) is 11.3. The molecule has 0 aliphatic heterocycles. The minimum Gasteiger partial charge on any atom is -0.487 e. The summed E-state index contributed by atoms with van der Waals surface area (Å²) in [5, 5.41) is 0. The molecule has 0 radical (unpaired) electrons. The number of rotatable bonds is 3. The standard InChI is InChI=1S/C15H14N2O3/c1-10-5-3-4-6-13(10)19-9-12-8-15(18)17-14(16-12)7-11(2)20-17/h3-8H,9H2,1-2H3. The molecular weight excluding hydrogens is 256 g/mol. The molecular formula is C15H14N2O3. The van der Waals surface area contributed by atoms with Crippen molar-refractivity contribution < 1.29 is 9.26 Å². The molecule has 0 aliphatic rings. The molecule has 0 saturated heterocycles. The van der Waals surface area contributed by atoms with Gasteiger partial charge in [0.25, 0.3) is 5.56 Å². The Hall–Kier alpha value is -2.56. The number of para-hydroxylation sites is 1. The summed E-state index contributed by atoms with van der Waals surface area (Å²) in [4.78, 5) is 16.2. The van der Waals surface area contributed by atoms with Crippen LogP contribution in [0.1, 0.15) is 17.0 Å². The van der Waals surface area contributed by atoms with Gasteiger partial charge in [0.2, 0.25) is 0 Å². The molecule has 0 aliphatic carbocycles. The molecule has 2 heterocycles. The van der Waals surface area contributed by atoms with Crippen LogP contribution in [0.15, 0.2) is 45.7 Å². The Kier molecular flexibility index (Phi) is 3.02. The lowest BCUT2D eigenvalue weighted by molar-refractivity contribution is 0.296. The third-order valence-electron chi connectivity index (χ3n) is 2.99. The number of hydrogen-bond acceptors (Lipinski definition) is 4. The van der Waals surface area contributed by atoms with Gasteiger partial charge in [0.15, 0.2) is 5.65 Å². The van der Waals surface area contributed by atoms with Crippen LogP contribution in [0.2, 0.25) is 0 Å². The summed E-state index contributed by atoms with van der Waals surface area (Å²) in [5.74, 6) is 1.43. The summed E-state index contributed by atoms with van der Waals surface area (Å²) in [7, 11) is 0. The van der Waals surface area contributed by atoms with E-state index >= 15 is 0 Å². The van der Waals surface area contributed by atoms with Gasteiger partial charge in [0, 0.05) is 12.1 Å². The van der Waals surface area contributed by atoms with E-state index in [1.807, 2.05) is 31.2 Å². The first-order chi connectivity index (χ1) is 9.63. The van der Waals surface area contributed by atoms with Gasteiger partial charge in [0.05, 0.1) is 5.69 Å². The highest BCUT2D eigenvalue weighted by Crippen LogP contribution is 2.17. The highest BCUT2D eigenvalue weighted by atomic mass is 16.5. The maximum atomic E-state index is 11.9. The van der Waals surface area contributed by atoms with E-state index in [-0.39, 0.29) is 12.2 Å². The second-order valence-electron chi connectivity index (χ2n) is 4.64. The fourth-order valence-electron chi connectivity index (χ4n) is 2.02. The monoisotopic (exact) mass is 270 g/mol. The molecule has 1 aromatic carbocycles. The molecule has 0 spiro atoms. The minimum atomic E-state index is -0.244. The van der Waals surface area contributed by atoms with Gasteiger partial charge >= 0.3 is 0 Å². The van der Waals surface area contributed by atoms with Crippen molar-refractivity contribution in [2.75, 3.05) is 0 Å². The molecule has 102 valence electrons. The van der Waals surface area contributed by atoms with Crippen LogP contribution in [0.3, 0.4) is 0 Å². The molecule has 5 heteroatoms. The van der Waals surface area contributed by atoms with Gasteiger partial charge in [-0.3, -0.25) is 4.79 Å². The van der Waals surface area contributed by atoms with Crippen LogP contribution in [0, 0.1) is 13.8 Å². The van der Waals surface area contributed by atoms with Gasteiger partial charge in [-0.15, -0.1) is 4.57 Å². The molecule has 3 aromatic rings. The molecule has 3 rings (SSSR count). The summed E-state index contributed by atoms with van der Waals surface area (Å²) in [6.45, 7) is 4.00. The Morgan fingerprint density at radius 3 is 2.85 bits per heavy atom. The average Bonchev–Trinajstić information content (AvgIpc) is 2.79. The fourth-order valence-corrected chi connectivity index (χ4v) is 2.02. The second kappa shape index (κ2) is 4.85. The van der Waals surface area contributed by atoms with Gasteiger partial charge in [-0.2, -0.15) is 0 Å². The zero-order chi connectivity index (χ0) is 14.1. The van der Waals surface area contributed by atoms with Crippen molar-refractivity contribution >= 4 is 5.65 Å². The molecule has 5 nitrogen and oxygen atoms in total. The van der Waals surface area contributed by atoms with E-state index < -0.39 is 0 Å². The topological polar surface area (TPSA) is 56.7 Å². The van der Waals surface area contributed by atoms with E-state index in [4.69, 9.17) is 9.26 Å². The number of benzene rings is 1. The summed E-state index contributed by atoms with van der Waals surface area (Å²) in [5.41, 5.74) is 1.88. The Balaban J connectivity index is 1.88. The van der Waals surface area contributed by atoms with E-state index in [1.54, 1.807) is 13.0 Å². The molecule has 20 heavy (non-hydrogen) atoms. The molecule has 0 amide bonds. The van der Waals surface area contributed by atoms with Crippen molar-refractivity contribution in [2.24, 2.45) is 0 Å². The van der Waals surface area contributed by atoms with Gasteiger partial charge < -0.3 is 9.26 Å². The Bertz CT molecular complexity index is 817. The van der Waals surface area contributed by atoms with Crippen LogP contribution in [0.4, 0.5) is 0 Å². The molecule has 0 atom stereocenters. The first-order valence-corrected chi connectivity index (χ1v) is 6.31. The normalized spacial score (nSPS) is 10.9. The second-order valence-corrected chi connectivity index (χ2v) is 4.64. The smallest absolute Gasteiger partial charge is 0.287 e. The van der Waals surface area contributed by atoms with E-state index in [0.29, 0.717) is 17.1 Å². The number of nitrogens with zero attached hydrogens (tertiary/aromatic N) is 2. The van der Waals surface area contributed by atoms with Crippen LogP contribution in [-0.4, -0.2) is 9.56 Å². The van der Waals surface area contributed by atoms with E-state index in [2.05, 4.69) is 4.98 Å². The van der Waals surface area contributed by atoms with Gasteiger partial charge in [-0.25, -0.2) is 4.98 Å². The number of ether oxygens (including phenoxy) is 1. The lowest BCUT2D eigenvalue weighted by Gasteiger charge is -2.07. The molecule has 0 N–H and O–H groups in total. The predicted molar refractivity (Wildman–Crippen MR) is 74.0 cm³/mol. The number of hydrogen-bond donors (Lipinski definition) is 0. The zero-order valence-electron chi connectivity index (χ0n) is 11.3. The van der Waals surface area contributed by atoms with E-state index in [0.717, 1.165) is 11.3 Å². The predicted octanol–water partition coefficient (Wildman–Crippen LogP) is 2.48. The van der Waals surface area contributed by atoms with Gasteiger partial charge in [0.1, 0.15) is 18.1 Å². The Labute approximate surface area is 115 Å². The molecule has 0 bridgehead atoms. The van der Waals surface area contributed by atoms with Crippen LogP contribution < -0.4 is 10.3 Å². The van der Waals surface area contributed by atoms with Crippen LogP contribution in [0.5, 0.6) is 5.75 Å². The van der Waals surface area contributed by atoms with Crippen molar-refractivity contribution in [3.63, 3.8) is 0 Å². The summed E-state index contributed by atoms with van der Waals surface area (Å²) < 4.78 is 12.1. The van der Waals surface area contributed by atoms with Crippen molar-refractivity contribution in [3.8, 4) is 5.75 Å². The SMILES string of the molecule is Cc1cc2nc(COc3ccccc3C)cc(=O)n2o1. The van der Waals surface area contributed by atoms with Crippen LogP contribution in [0.25, 0.3) is 5.65 Å². The van der Waals surface area contributed by atoms with E-state index in [9.17, 15) is 4.79 Å². The quantitative estimate of drug-likeness (QED) is 0.733. The molecule has 2 aromatic heterocycles. The Morgan fingerprint density at radius 2 is 2.05 bits per heavy atom. The Morgan fingerprint density at radius 1 is 1.25 bits per heavy atom. The highest BCUT2D eigenvalue weighted by Gasteiger charge is 2.07. The van der Waals surface area contributed by atoms with Crippen LogP contribution in [-0.2, 0) is 6.61 Å². The molecule has 0 unspecified atom stereocenters. The third-order valence-corrected chi connectivity index (χ3v) is 2.99. The lowest BCUT2D eigenvalue weighted by atomic mass is 10.2. The third kappa shape index (κ3) is 2.30. The number of fused-ring (bicyclic) bond motifs is 1. The van der Waals surface area contributed by atoms with Crippen LogP contribution >= 0.6 is 0 Å². The first-order valence-electron chi connectivity index (χ1n) is 6.31. The number of aromatic nitrogens is 2. The van der Waals surface area contributed by atoms with Crippen molar-refractivity contribution in [2.45, 2.75) is 20.5 Å². The molecule has 0 saturated carbocycles. The molecule has 0 fully saturated rings. The average molecular weight is 270 g/mol. The summed E-state index contributed by atoms with van der Waals surface area (Å²) in [6, 6.07) is 10.9. The largest absolute Gasteiger partial charge is 0.487 e. The van der Waals surface area contributed by atoms with Crippen molar-refractivity contribution in [1.82, 2.24) is 9.56 Å². The highest BCUT2D eigenvalue weighted by molar-refractivity contribution is 5.38. The summed E-state index contributed by atoms with van der Waals surface area (Å²) >= 11 is 0. The summed E-state index contributed by atoms with van der Waals surface area (Å²) in [6.07, 6.45) is 0. The van der Waals surface area contributed by atoms with Crippen molar-refractivity contribution in [3.05, 3.63) is 63.8 Å². The minimum absolute atomic E-state index is 0.244.